The van der Waals surface area contributed by atoms with Crippen LogP contribution in [0.15, 0.2) is 47.1 Å². The summed E-state index contributed by atoms with van der Waals surface area (Å²) in [6.07, 6.45) is 2.49. The highest BCUT2D eigenvalue weighted by Crippen LogP contribution is 2.36. The average Bonchev–Trinajstić information content (AvgIpc) is 3.18. The van der Waals surface area contributed by atoms with Gasteiger partial charge in [0.25, 0.3) is 0 Å². The van der Waals surface area contributed by atoms with Gasteiger partial charge in [0, 0.05) is 17.1 Å². The monoisotopic (exact) mass is 355 g/mol. The summed E-state index contributed by atoms with van der Waals surface area (Å²) in [4.78, 5) is 24.6. The molecular weight excluding hydrogens is 338 g/mol. The SMILES string of the molecule is C[C@H](Sc1ncnc2sccc12)C(=O)N1c2ccccc2C[C@H]1C. The number of thioether (sulfide) groups is 1. The highest BCUT2D eigenvalue weighted by molar-refractivity contribution is 8.00. The van der Waals surface area contributed by atoms with Gasteiger partial charge in [-0.1, -0.05) is 30.0 Å². The molecule has 2 aromatic heterocycles. The number of benzene rings is 1. The Morgan fingerprint density at radius 1 is 1.33 bits per heavy atom. The molecule has 1 amide bonds. The van der Waals surface area contributed by atoms with Crippen molar-refractivity contribution in [2.75, 3.05) is 4.90 Å². The molecule has 0 fully saturated rings. The lowest BCUT2D eigenvalue weighted by atomic mass is 10.1. The fourth-order valence-electron chi connectivity index (χ4n) is 3.18. The summed E-state index contributed by atoms with van der Waals surface area (Å²) in [5, 5.41) is 3.72. The van der Waals surface area contributed by atoms with E-state index >= 15 is 0 Å². The van der Waals surface area contributed by atoms with E-state index in [4.69, 9.17) is 0 Å². The topological polar surface area (TPSA) is 46.1 Å². The molecule has 4 nitrogen and oxygen atoms in total. The fourth-order valence-corrected chi connectivity index (χ4v) is 4.92. The summed E-state index contributed by atoms with van der Waals surface area (Å²) in [6.45, 7) is 4.07. The van der Waals surface area contributed by atoms with Crippen LogP contribution in [-0.4, -0.2) is 27.2 Å². The Bertz CT molecular complexity index is 908. The predicted molar refractivity (Wildman–Crippen MR) is 99.8 cm³/mol. The normalized spacial score (nSPS) is 17.9. The summed E-state index contributed by atoms with van der Waals surface area (Å²) in [7, 11) is 0. The molecule has 122 valence electrons. The van der Waals surface area contributed by atoms with Crippen LogP contribution in [0, 0.1) is 0 Å². The molecule has 2 atom stereocenters. The third-order valence-electron chi connectivity index (χ3n) is 4.31. The second-order valence-electron chi connectivity index (χ2n) is 5.97. The van der Waals surface area contributed by atoms with Gasteiger partial charge >= 0.3 is 0 Å². The zero-order valence-electron chi connectivity index (χ0n) is 13.5. The van der Waals surface area contributed by atoms with Gasteiger partial charge in [-0.3, -0.25) is 4.79 Å². The Hall–Kier alpha value is -1.92. The van der Waals surface area contributed by atoms with Gasteiger partial charge in [0.15, 0.2) is 0 Å². The highest BCUT2D eigenvalue weighted by atomic mass is 32.2. The van der Waals surface area contributed by atoms with Crippen molar-refractivity contribution in [2.45, 2.75) is 36.6 Å². The van der Waals surface area contributed by atoms with Crippen molar-refractivity contribution in [3.8, 4) is 0 Å². The second-order valence-corrected chi connectivity index (χ2v) is 8.19. The number of carbonyl (C=O) groups is 1. The number of amides is 1. The second kappa shape index (κ2) is 6.18. The number of hydrogen-bond donors (Lipinski definition) is 0. The van der Waals surface area contributed by atoms with Crippen LogP contribution < -0.4 is 4.90 Å². The maximum atomic E-state index is 13.1. The summed E-state index contributed by atoms with van der Waals surface area (Å²) in [5.74, 6) is 0.138. The quantitative estimate of drug-likeness (QED) is 0.523. The minimum absolute atomic E-state index is 0.138. The fraction of sp³-hybridized carbons (Fsp3) is 0.278. The number of rotatable bonds is 3. The number of carbonyl (C=O) groups excluding carboxylic acids is 1. The number of hydrogen-bond acceptors (Lipinski definition) is 5. The Morgan fingerprint density at radius 2 is 2.17 bits per heavy atom. The molecule has 3 aromatic rings. The number of anilines is 1. The Balaban J connectivity index is 1.60. The first-order valence-corrected chi connectivity index (χ1v) is 9.67. The molecule has 0 saturated heterocycles. The molecule has 1 aliphatic heterocycles. The van der Waals surface area contributed by atoms with Crippen molar-refractivity contribution in [2.24, 2.45) is 0 Å². The minimum atomic E-state index is -0.198. The maximum Gasteiger partial charge on any atom is 0.240 e. The van der Waals surface area contributed by atoms with Crippen LogP contribution in [0.25, 0.3) is 10.2 Å². The van der Waals surface area contributed by atoms with Gasteiger partial charge < -0.3 is 4.90 Å². The molecule has 0 radical (unpaired) electrons. The van der Waals surface area contributed by atoms with E-state index in [1.54, 1.807) is 17.7 Å². The summed E-state index contributed by atoms with van der Waals surface area (Å²) in [6, 6.07) is 10.4. The van der Waals surface area contributed by atoms with Gasteiger partial charge in [-0.25, -0.2) is 9.97 Å². The lowest BCUT2D eigenvalue weighted by molar-refractivity contribution is -0.118. The van der Waals surface area contributed by atoms with Crippen molar-refractivity contribution < 1.29 is 4.79 Å². The summed E-state index contributed by atoms with van der Waals surface area (Å²) >= 11 is 3.11. The molecule has 3 heterocycles. The molecule has 1 aromatic carbocycles. The average molecular weight is 355 g/mol. The standard InChI is InChI=1S/C18H17N3OS2/c1-11-9-13-5-3-4-6-15(13)21(11)18(22)12(2)24-17-14-7-8-23-16(14)19-10-20-17/h3-8,10-12H,9H2,1-2H3/t11-,12+/m1/s1. The lowest BCUT2D eigenvalue weighted by Crippen LogP contribution is -2.40. The van der Waals surface area contributed by atoms with Crippen LogP contribution in [0.5, 0.6) is 0 Å². The van der Waals surface area contributed by atoms with Crippen LogP contribution >= 0.6 is 23.1 Å². The first kappa shape index (κ1) is 15.6. The van der Waals surface area contributed by atoms with E-state index in [-0.39, 0.29) is 17.2 Å². The predicted octanol–water partition coefficient (Wildman–Crippen LogP) is 4.15. The minimum Gasteiger partial charge on any atom is -0.308 e. The molecule has 0 saturated carbocycles. The zero-order valence-corrected chi connectivity index (χ0v) is 15.1. The zero-order chi connectivity index (χ0) is 16.7. The van der Waals surface area contributed by atoms with E-state index in [9.17, 15) is 4.79 Å². The third-order valence-corrected chi connectivity index (χ3v) is 6.23. The first-order valence-electron chi connectivity index (χ1n) is 7.91. The van der Waals surface area contributed by atoms with E-state index in [1.807, 2.05) is 41.5 Å². The lowest BCUT2D eigenvalue weighted by Gasteiger charge is -2.25. The van der Waals surface area contributed by atoms with E-state index in [1.165, 1.54) is 17.3 Å². The molecule has 24 heavy (non-hydrogen) atoms. The van der Waals surface area contributed by atoms with Gasteiger partial charge in [-0.05, 0) is 43.3 Å². The van der Waals surface area contributed by atoms with Crippen LogP contribution in [0.1, 0.15) is 19.4 Å². The number of fused-ring (bicyclic) bond motifs is 2. The van der Waals surface area contributed by atoms with Crippen molar-refractivity contribution in [3.05, 3.63) is 47.6 Å². The van der Waals surface area contributed by atoms with E-state index in [0.717, 1.165) is 27.4 Å². The summed E-state index contributed by atoms with van der Waals surface area (Å²) < 4.78 is 0. The number of para-hydroxylation sites is 1. The van der Waals surface area contributed by atoms with E-state index in [0.29, 0.717) is 0 Å². The Labute approximate surface area is 148 Å². The molecule has 6 heteroatoms. The van der Waals surface area contributed by atoms with Crippen LogP contribution in [0.2, 0.25) is 0 Å². The molecule has 0 bridgehead atoms. The van der Waals surface area contributed by atoms with Gasteiger partial charge in [0.1, 0.15) is 16.2 Å². The molecule has 4 rings (SSSR count). The van der Waals surface area contributed by atoms with E-state index < -0.39 is 0 Å². The molecule has 1 aliphatic rings. The molecular formula is C18H17N3OS2. The molecule has 0 spiro atoms. The van der Waals surface area contributed by atoms with Gasteiger partial charge in [0.2, 0.25) is 5.91 Å². The number of thiophene rings is 1. The molecule has 0 unspecified atom stereocenters. The van der Waals surface area contributed by atoms with Crippen LogP contribution in [-0.2, 0) is 11.2 Å². The number of nitrogens with zero attached hydrogens (tertiary/aromatic N) is 3. The number of aromatic nitrogens is 2. The van der Waals surface area contributed by atoms with Gasteiger partial charge in [-0.15, -0.1) is 11.3 Å². The maximum absolute atomic E-state index is 13.1. The van der Waals surface area contributed by atoms with Crippen molar-refractivity contribution in [1.29, 1.82) is 0 Å². The van der Waals surface area contributed by atoms with Crippen LogP contribution in [0.4, 0.5) is 5.69 Å². The first-order chi connectivity index (χ1) is 11.6. The van der Waals surface area contributed by atoms with Crippen molar-refractivity contribution in [3.63, 3.8) is 0 Å². The largest absolute Gasteiger partial charge is 0.308 e. The molecule has 0 aliphatic carbocycles. The Kier molecular flexibility index (Phi) is 4.02. The van der Waals surface area contributed by atoms with Crippen LogP contribution in [0.3, 0.4) is 0 Å². The highest BCUT2D eigenvalue weighted by Gasteiger charge is 2.33. The third kappa shape index (κ3) is 2.59. The van der Waals surface area contributed by atoms with Crippen molar-refractivity contribution in [1.82, 2.24) is 9.97 Å². The Morgan fingerprint density at radius 3 is 3.04 bits per heavy atom. The van der Waals surface area contributed by atoms with E-state index in [2.05, 4.69) is 23.0 Å². The smallest absolute Gasteiger partial charge is 0.240 e. The van der Waals surface area contributed by atoms with Gasteiger partial charge in [0.05, 0.1) is 5.25 Å². The molecule has 0 N–H and O–H groups in total. The van der Waals surface area contributed by atoms with Gasteiger partial charge in [-0.2, -0.15) is 0 Å². The van der Waals surface area contributed by atoms with Crippen molar-refractivity contribution >= 4 is 44.9 Å². The summed E-state index contributed by atoms with van der Waals surface area (Å²) in [5.41, 5.74) is 2.30.